The van der Waals surface area contributed by atoms with Crippen LogP contribution in [0.2, 0.25) is 0 Å². The zero-order valence-corrected chi connectivity index (χ0v) is 10.6. The molecule has 0 N–H and O–H groups in total. The van der Waals surface area contributed by atoms with Crippen LogP contribution in [0.3, 0.4) is 0 Å². The second-order valence-electron chi connectivity index (χ2n) is 5.51. The Bertz CT molecular complexity index is 379. The Morgan fingerprint density at radius 3 is 2.25 bits per heavy atom. The highest BCUT2D eigenvalue weighted by molar-refractivity contribution is 5.43. The lowest BCUT2D eigenvalue weighted by Crippen LogP contribution is -2.09. The van der Waals surface area contributed by atoms with Gasteiger partial charge in [-0.25, -0.2) is 0 Å². The summed E-state index contributed by atoms with van der Waals surface area (Å²) in [4.78, 5) is 0. The van der Waals surface area contributed by atoms with E-state index in [0.717, 1.165) is 0 Å². The topological polar surface area (TPSA) is 0 Å². The predicted molar refractivity (Wildman–Crippen MR) is 70.3 cm³/mol. The molecular weight excluding hydrogens is 192 g/mol. The Labute approximate surface area is 99.4 Å². The maximum atomic E-state index is 2.34. The van der Waals surface area contributed by atoms with Crippen molar-refractivity contribution in [3.8, 4) is 0 Å². The first-order valence-corrected chi connectivity index (χ1v) is 6.19. The van der Waals surface area contributed by atoms with Gasteiger partial charge in [0.25, 0.3) is 0 Å². The van der Waals surface area contributed by atoms with E-state index < -0.39 is 0 Å². The number of allylic oxidation sites excluding steroid dienone is 2. The van der Waals surface area contributed by atoms with Crippen LogP contribution in [0.15, 0.2) is 35.9 Å². The maximum Gasteiger partial charge on any atom is 0.00860 e. The van der Waals surface area contributed by atoms with Gasteiger partial charge in [-0.2, -0.15) is 0 Å². The molecule has 1 radical (unpaired) electrons. The second-order valence-corrected chi connectivity index (χ2v) is 5.51. The van der Waals surface area contributed by atoms with E-state index >= 15 is 0 Å². The van der Waals surface area contributed by atoms with Crippen molar-refractivity contribution in [3.63, 3.8) is 0 Å². The molecule has 0 fully saturated rings. The Balaban J connectivity index is 1.79. The summed E-state index contributed by atoms with van der Waals surface area (Å²) in [5, 5.41) is 0. The van der Waals surface area contributed by atoms with E-state index in [-0.39, 0.29) is 0 Å². The SMILES string of the molecule is Cc1ccc(CCCC(C)(C)C2=C[CH]2)cc1. The maximum absolute atomic E-state index is 2.34. The van der Waals surface area contributed by atoms with E-state index in [9.17, 15) is 0 Å². The fourth-order valence-electron chi connectivity index (χ4n) is 2.13. The lowest BCUT2D eigenvalue weighted by atomic mass is 9.84. The highest BCUT2D eigenvalue weighted by atomic mass is 14.3. The number of hydrogen-bond acceptors (Lipinski definition) is 0. The summed E-state index contributed by atoms with van der Waals surface area (Å²) in [5.41, 5.74) is 4.75. The summed E-state index contributed by atoms with van der Waals surface area (Å²) in [6.07, 6.45) is 8.25. The van der Waals surface area contributed by atoms with Crippen molar-refractivity contribution in [2.75, 3.05) is 0 Å². The highest BCUT2D eigenvalue weighted by Gasteiger charge is 2.27. The molecule has 0 amide bonds. The van der Waals surface area contributed by atoms with Gasteiger partial charge in [0.15, 0.2) is 0 Å². The van der Waals surface area contributed by atoms with E-state index in [1.165, 1.54) is 36.0 Å². The third-order valence-electron chi connectivity index (χ3n) is 3.50. The van der Waals surface area contributed by atoms with Crippen molar-refractivity contribution in [2.45, 2.75) is 40.0 Å². The van der Waals surface area contributed by atoms with Crippen molar-refractivity contribution in [1.82, 2.24) is 0 Å². The lowest BCUT2D eigenvalue weighted by Gasteiger charge is -2.21. The fourth-order valence-corrected chi connectivity index (χ4v) is 2.13. The number of aryl methyl sites for hydroxylation is 2. The normalized spacial score (nSPS) is 14.8. The zero-order chi connectivity index (χ0) is 11.6. The first-order valence-electron chi connectivity index (χ1n) is 6.19. The van der Waals surface area contributed by atoms with E-state index in [1.54, 1.807) is 0 Å². The molecule has 16 heavy (non-hydrogen) atoms. The van der Waals surface area contributed by atoms with Gasteiger partial charge < -0.3 is 0 Å². The van der Waals surface area contributed by atoms with Gasteiger partial charge in [0, 0.05) is 6.42 Å². The molecule has 0 saturated carbocycles. The summed E-state index contributed by atoms with van der Waals surface area (Å²) in [6.45, 7) is 6.83. The largest absolute Gasteiger partial charge is 0.0760 e. The highest BCUT2D eigenvalue weighted by Crippen LogP contribution is 2.40. The fraction of sp³-hybridized carbons (Fsp3) is 0.438. The van der Waals surface area contributed by atoms with Crippen LogP contribution in [0.4, 0.5) is 0 Å². The Morgan fingerprint density at radius 1 is 1.06 bits per heavy atom. The molecule has 85 valence electrons. The average Bonchev–Trinajstić information content (AvgIpc) is 3.04. The summed E-state index contributed by atoms with van der Waals surface area (Å²) < 4.78 is 0. The third kappa shape index (κ3) is 2.98. The van der Waals surface area contributed by atoms with Crippen molar-refractivity contribution < 1.29 is 0 Å². The van der Waals surface area contributed by atoms with Crippen LogP contribution in [0.5, 0.6) is 0 Å². The molecule has 0 atom stereocenters. The Kier molecular flexibility index (Phi) is 3.18. The number of benzene rings is 1. The molecular formula is C16H21. The number of rotatable bonds is 5. The van der Waals surface area contributed by atoms with Crippen molar-refractivity contribution >= 4 is 0 Å². The van der Waals surface area contributed by atoms with E-state index in [0.29, 0.717) is 5.41 Å². The van der Waals surface area contributed by atoms with Gasteiger partial charge in [-0.05, 0) is 37.2 Å². The monoisotopic (exact) mass is 213 g/mol. The molecule has 0 aliphatic heterocycles. The molecule has 2 rings (SSSR count). The van der Waals surface area contributed by atoms with Crippen LogP contribution in [-0.4, -0.2) is 0 Å². The van der Waals surface area contributed by atoms with Crippen molar-refractivity contribution in [1.29, 1.82) is 0 Å². The molecule has 0 spiro atoms. The standard InChI is InChI=1S/C16H21/c1-13-6-8-14(9-7-13)5-4-12-16(2,3)15-10-11-15/h6-11H,4-5,12H2,1-3H3. The molecule has 0 heterocycles. The molecule has 0 nitrogen and oxygen atoms in total. The first-order chi connectivity index (χ1) is 7.58. The zero-order valence-electron chi connectivity index (χ0n) is 10.6. The summed E-state index contributed by atoms with van der Waals surface area (Å²) in [7, 11) is 0. The van der Waals surface area contributed by atoms with Crippen LogP contribution in [0.25, 0.3) is 0 Å². The predicted octanol–water partition coefficient (Wildman–Crippen LogP) is 4.49. The van der Waals surface area contributed by atoms with Crippen LogP contribution in [-0.2, 0) is 6.42 Å². The van der Waals surface area contributed by atoms with Crippen LogP contribution in [0, 0.1) is 18.8 Å². The molecule has 0 heteroatoms. The van der Waals surface area contributed by atoms with Crippen molar-refractivity contribution in [3.05, 3.63) is 53.5 Å². The van der Waals surface area contributed by atoms with Gasteiger partial charge in [-0.1, -0.05) is 55.3 Å². The van der Waals surface area contributed by atoms with Crippen LogP contribution in [0.1, 0.15) is 37.8 Å². The molecule has 1 aromatic rings. The summed E-state index contributed by atoms with van der Waals surface area (Å²) in [5.74, 6) is 0. The van der Waals surface area contributed by atoms with Gasteiger partial charge >= 0.3 is 0 Å². The smallest absolute Gasteiger partial charge is 0.00860 e. The van der Waals surface area contributed by atoms with Gasteiger partial charge in [0.05, 0.1) is 0 Å². The average molecular weight is 213 g/mol. The molecule has 0 saturated heterocycles. The second kappa shape index (κ2) is 4.45. The van der Waals surface area contributed by atoms with Gasteiger partial charge in [0.1, 0.15) is 0 Å². The number of hydrogen-bond donors (Lipinski definition) is 0. The van der Waals surface area contributed by atoms with E-state index in [2.05, 4.69) is 57.5 Å². The molecule has 0 unspecified atom stereocenters. The van der Waals surface area contributed by atoms with Crippen molar-refractivity contribution in [2.24, 2.45) is 5.41 Å². The summed E-state index contributed by atoms with van der Waals surface area (Å²) >= 11 is 0. The van der Waals surface area contributed by atoms with E-state index in [4.69, 9.17) is 0 Å². The van der Waals surface area contributed by atoms with E-state index in [1.807, 2.05) is 0 Å². The van der Waals surface area contributed by atoms with Gasteiger partial charge in [-0.3, -0.25) is 0 Å². The van der Waals surface area contributed by atoms with Crippen LogP contribution < -0.4 is 0 Å². The molecule has 1 aliphatic rings. The molecule has 0 bridgehead atoms. The minimum atomic E-state index is 0.394. The van der Waals surface area contributed by atoms with Gasteiger partial charge in [0.2, 0.25) is 0 Å². The van der Waals surface area contributed by atoms with Gasteiger partial charge in [-0.15, -0.1) is 0 Å². The molecule has 0 aromatic heterocycles. The summed E-state index contributed by atoms with van der Waals surface area (Å²) in [6, 6.07) is 8.92. The Morgan fingerprint density at radius 2 is 1.69 bits per heavy atom. The quantitative estimate of drug-likeness (QED) is 0.676. The molecule has 1 aromatic carbocycles. The minimum Gasteiger partial charge on any atom is -0.0760 e. The lowest BCUT2D eigenvalue weighted by molar-refractivity contribution is 0.410. The Hall–Kier alpha value is -1.04. The first kappa shape index (κ1) is 11.4. The van der Waals surface area contributed by atoms with Crippen LogP contribution >= 0.6 is 0 Å². The minimum absolute atomic E-state index is 0.394. The molecule has 1 aliphatic carbocycles. The third-order valence-corrected chi connectivity index (χ3v) is 3.50.